The van der Waals surface area contributed by atoms with Crippen LogP contribution in [0.25, 0.3) is 5.57 Å². The minimum atomic E-state index is -0.511. The molecule has 0 aliphatic carbocycles. The Morgan fingerprint density at radius 2 is 1.79 bits per heavy atom. The van der Waals surface area contributed by atoms with Gasteiger partial charge in [0.05, 0.1) is 18.8 Å². The highest BCUT2D eigenvalue weighted by atomic mass is 16.5. The van der Waals surface area contributed by atoms with E-state index in [9.17, 15) is 4.79 Å². The number of hydrogen-bond donors (Lipinski definition) is 2. The highest BCUT2D eigenvalue weighted by Crippen LogP contribution is 2.24. The van der Waals surface area contributed by atoms with Gasteiger partial charge in [0.2, 0.25) is 0 Å². The predicted molar refractivity (Wildman–Crippen MR) is 116 cm³/mol. The monoisotopic (exact) mass is 379 g/mol. The molecule has 1 heterocycles. The van der Waals surface area contributed by atoms with Gasteiger partial charge >= 0.3 is 6.03 Å². The van der Waals surface area contributed by atoms with E-state index in [1.807, 2.05) is 63.2 Å². The number of anilines is 2. The summed E-state index contributed by atoms with van der Waals surface area (Å²) in [6.45, 7) is 13.3. The first kappa shape index (κ1) is 20.0. The molecule has 2 aromatic carbocycles. The summed E-state index contributed by atoms with van der Waals surface area (Å²) < 4.78 is 5.39. The molecule has 0 atom stereocenters. The van der Waals surface area contributed by atoms with Crippen LogP contribution < -0.4 is 15.5 Å². The summed E-state index contributed by atoms with van der Waals surface area (Å²) in [6.07, 6.45) is 0. The number of nitrogens with zero attached hydrogens (tertiary/aromatic N) is 1. The summed E-state index contributed by atoms with van der Waals surface area (Å²) in [4.78, 5) is 14.8. The van der Waals surface area contributed by atoms with Crippen molar-refractivity contribution < 1.29 is 9.53 Å². The normalized spacial score (nSPS) is 14.5. The van der Waals surface area contributed by atoms with Crippen molar-refractivity contribution in [2.45, 2.75) is 26.3 Å². The SMILES string of the molecule is C=C(C)c1cccc(C(C)(C)NC(=O)Nc2ccc(N3CCOCC3)cc2)c1. The van der Waals surface area contributed by atoms with E-state index in [1.54, 1.807) is 0 Å². The molecule has 5 heteroatoms. The van der Waals surface area contributed by atoms with Gasteiger partial charge in [0.15, 0.2) is 0 Å². The summed E-state index contributed by atoms with van der Waals surface area (Å²) in [5.74, 6) is 0. The van der Waals surface area contributed by atoms with Crippen LogP contribution in [-0.2, 0) is 10.3 Å². The molecule has 0 unspecified atom stereocenters. The number of rotatable bonds is 5. The van der Waals surface area contributed by atoms with E-state index in [4.69, 9.17) is 4.74 Å². The number of nitrogens with one attached hydrogen (secondary N) is 2. The van der Waals surface area contributed by atoms with Gasteiger partial charge in [-0.2, -0.15) is 0 Å². The molecule has 2 aromatic rings. The maximum absolute atomic E-state index is 12.5. The molecule has 1 fully saturated rings. The molecule has 0 aromatic heterocycles. The van der Waals surface area contributed by atoms with Crippen molar-refractivity contribution in [2.24, 2.45) is 0 Å². The van der Waals surface area contributed by atoms with Gasteiger partial charge in [0.1, 0.15) is 0 Å². The average molecular weight is 380 g/mol. The molecule has 1 aliphatic heterocycles. The van der Waals surface area contributed by atoms with Crippen LogP contribution in [0, 0.1) is 0 Å². The van der Waals surface area contributed by atoms with Crippen LogP contribution in [0.1, 0.15) is 31.9 Å². The molecule has 2 amide bonds. The van der Waals surface area contributed by atoms with Gasteiger partial charge in [-0.05, 0) is 62.2 Å². The zero-order valence-corrected chi connectivity index (χ0v) is 16.9. The van der Waals surface area contributed by atoms with Gasteiger partial charge < -0.3 is 20.3 Å². The van der Waals surface area contributed by atoms with E-state index >= 15 is 0 Å². The van der Waals surface area contributed by atoms with Gasteiger partial charge in [-0.15, -0.1) is 0 Å². The zero-order valence-electron chi connectivity index (χ0n) is 16.9. The van der Waals surface area contributed by atoms with Crippen molar-refractivity contribution in [2.75, 3.05) is 36.5 Å². The number of urea groups is 1. The Morgan fingerprint density at radius 1 is 1.11 bits per heavy atom. The second-order valence-electron chi connectivity index (χ2n) is 7.71. The third-order valence-electron chi connectivity index (χ3n) is 5.00. The lowest BCUT2D eigenvalue weighted by molar-refractivity contribution is 0.122. The topological polar surface area (TPSA) is 53.6 Å². The van der Waals surface area contributed by atoms with Crippen LogP contribution in [-0.4, -0.2) is 32.3 Å². The molecule has 2 N–H and O–H groups in total. The molecule has 1 aliphatic rings. The first-order chi connectivity index (χ1) is 13.3. The van der Waals surface area contributed by atoms with E-state index in [0.29, 0.717) is 0 Å². The molecule has 0 bridgehead atoms. The second kappa shape index (κ2) is 8.48. The Hall–Kier alpha value is -2.79. The maximum Gasteiger partial charge on any atom is 0.319 e. The van der Waals surface area contributed by atoms with Crippen LogP contribution in [0.2, 0.25) is 0 Å². The lowest BCUT2D eigenvalue weighted by atomic mass is 9.92. The van der Waals surface area contributed by atoms with Crippen LogP contribution in [0.15, 0.2) is 55.1 Å². The number of carbonyl (C=O) groups is 1. The van der Waals surface area contributed by atoms with Crippen molar-refractivity contribution in [1.82, 2.24) is 5.32 Å². The fourth-order valence-corrected chi connectivity index (χ4v) is 3.27. The summed E-state index contributed by atoms with van der Waals surface area (Å²) >= 11 is 0. The molecule has 0 saturated carbocycles. The molecule has 0 radical (unpaired) electrons. The Kier molecular flexibility index (Phi) is 6.05. The third kappa shape index (κ3) is 4.93. The summed E-state index contributed by atoms with van der Waals surface area (Å²) in [5.41, 5.74) is 4.51. The van der Waals surface area contributed by atoms with Gasteiger partial charge in [-0.1, -0.05) is 30.4 Å². The summed E-state index contributed by atoms with van der Waals surface area (Å²) in [6, 6.07) is 15.8. The minimum Gasteiger partial charge on any atom is -0.378 e. The smallest absolute Gasteiger partial charge is 0.319 e. The van der Waals surface area contributed by atoms with E-state index in [1.165, 1.54) is 0 Å². The summed E-state index contributed by atoms with van der Waals surface area (Å²) in [7, 11) is 0. The standard InChI is InChI=1S/C23H29N3O2/c1-17(2)18-6-5-7-19(16-18)23(3,4)25-22(27)24-20-8-10-21(11-9-20)26-12-14-28-15-13-26/h5-11,16H,1,12-15H2,2-4H3,(H2,24,25,27). The first-order valence-electron chi connectivity index (χ1n) is 9.63. The minimum absolute atomic E-state index is 0.232. The molecule has 5 nitrogen and oxygen atoms in total. The predicted octanol–water partition coefficient (Wildman–Crippen LogP) is 4.61. The molecule has 3 rings (SSSR count). The Labute approximate surface area is 167 Å². The van der Waals surface area contributed by atoms with Crippen molar-refractivity contribution in [1.29, 1.82) is 0 Å². The van der Waals surface area contributed by atoms with Crippen LogP contribution in [0.4, 0.5) is 16.2 Å². The highest BCUT2D eigenvalue weighted by molar-refractivity contribution is 5.90. The molecule has 28 heavy (non-hydrogen) atoms. The second-order valence-corrected chi connectivity index (χ2v) is 7.71. The molecular formula is C23H29N3O2. The summed E-state index contributed by atoms with van der Waals surface area (Å²) in [5, 5.41) is 5.98. The van der Waals surface area contributed by atoms with Gasteiger partial charge in [0, 0.05) is 24.5 Å². The number of carbonyl (C=O) groups excluding carboxylic acids is 1. The van der Waals surface area contributed by atoms with E-state index in [0.717, 1.165) is 54.4 Å². The molecule has 148 valence electrons. The van der Waals surface area contributed by atoms with E-state index in [2.05, 4.69) is 28.2 Å². The molecule has 0 spiro atoms. The van der Waals surface area contributed by atoms with Crippen molar-refractivity contribution in [3.63, 3.8) is 0 Å². The number of ether oxygens (including phenoxy) is 1. The van der Waals surface area contributed by atoms with Gasteiger partial charge in [-0.3, -0.25) is 0 Å². The fraction of sp³-hybridized carbons (Fsp3) is 0.348. The van der Waals surface area contributed by atoms with E-state index in [-0.39, 0.29) is 6.03 Å². The number of morpholine rings is 1. The van der Waals surface area contributed by atoms with Gasteiger partial charge in [0.25, 0.3) is 0 Å². The molecule has 1 saturated heterocycles. The van der Waals surface area contributed by atoms with Crippen LogP contribution >= 0.6 is 0 Å². The fourth-order valence-electron chi connectivity index (χ4n) is 3.27. The van der Waals surface area contributed by atoms with Crippen LogP contribution in [0.3, 0.4) is 0 Å². The number of benzene rings is 2. The van der Waals surface area contributed by atoms with Crippen LogP contribution in [0.5, 0.6) is 0 Å². The number of amides is 2. The quantitative estimate of drug-likeness (QED) is 0.797. The lowest BCUT2D eigenvalue weighted by Crippen LogP contribution is -2.43. The number of allylic oxidation sites excluding steroid dienone is 1. The van der Waals surface area contributed by atoms with Gasteiger partial charge in [-0.25, -0.2) is 4.79 Å². The third-order valence-corrected chi connectivity index (χ3v) is 5.00. The Morgan fingerprint density at radius 3 is 2.43 bits per heavy atom. The Bertz CT molecular complexity index is 837. The largest absolute Gasteiger partial charge is 0.378 e. The van der Waals surface area contributed by atoms with Crippen molar-refractivity contribution in [3.05, 3.63) is 66.2 Å². The Balaban J connectivity index is 1.62. The zero-order chi connectivity index (χ0) is 20.1. The van der Waals surface area contributed by atoms with E-state index < -0.39 is 5.54 Å². The first-order valence-corrected chi connectivity index (χ1v) is 9.63. The van der Waals surface area contributed by atoms with Crippen molar-refractivity contribution >= 4 is 23.0 Å². The van der Waals surface area contributed by atoms with Crippen molar-refractivity contribution in [3.8, 4) is 0 Å². The number of hydrogen-bond acceptors (Lipinski definition) is 3. The maximum atomic E-state index is 12.5. The average Bonchev–Trinajstić information content (AvgIpc) is 2.69. The highest BCUT2D eigenvalue weighted by Gasteiger charge is 2.23. The molecular weight excluding hydrogens is 350 g/mol. The lowest BCUT2D eigenvalue weighted by Gasteiger charge is -2.29.